The lowest BCUT2D eigenvalue weighted by Gasteiger charge is -2.25. The Morgan fingerprint density at radius 3 is 2.92 bits per heavy atom. The lowest BCUT2D eigenvalue weighted by Crippen LogP contribution is -2.33. The van der Waals surface area contributed by atoms with Gasteiger partial charge < -0.3 is 9.88 Å². The fourth-order valence-electron chi connectivity index (χ4n) is 4.02. The van der Waals surface area contributed by atoms with Crippen molar-refractivity contribution in [1.29, 1.82) is 0 Å². The van der Waals surface area contributed by atoms with Crippen molar-refractivity contribution in [2.24, 2.45) is 11.8 Å². The van der Waals surface area contributed by atoms with Crippen LogP contribution in [0.5, 0.6) is 0 Å². The Bertz CT molecular complexity index is 751. The molecule has 2 fully saturated rings. The van der Waals surface area contributed by atoms with Gasteiger partial charge in [0.2, 0.25) is 5.82 Å². The first-order valence-corrected chi connectivity index (χ1v) is 9.62. The van der Waals surface area contributed by atoms with E-state index in [0.29, 0.717) is 23.7 Å². The zero-order chi connectivity index (χ0) is 16.1. The molecule has 0 bridgehead atoms. The van der Waals surface area contributed by atoms with Gasteiger partial charge in [-0.25, -0.2) is 0 Å². The molecule has 1 aliphatic carbocycles. The van der Waals surface area contributed by atoms with E-state index in [-0.39, 0.29) is 5.91 Å². The molecule has 1 N–H and O–H groups in total. The van der Waals surface area contributed by atoms with Crippen LogP contribution in [0.2, 0.25) is 0 Å². The quantitative estimate of drug-likeness (QED) is 0.915. The molecule has 0 unspecified atom stereocenters. The molecule has 24 heavy (non-hydrogen) atoms. The molecule has 5 rings (SSSR count). The number of likely N-dealkylation sites (tertiary alicyclic amines) is 1. The number of nitrogens with one attached hydrogen (secondary N) is 1. The topological polar surface area (TPSA) is 63.1 Å². The first-order chi connectivity index (χ1) is 11.8. The third-order valence-electron chi connectivity index (χ3n) is 5.42. The van der Waals surface area contributed by atoms with Crippen molar-refractivity contribution in [1.82, 2.24) is 25.0 Å². The van der Waals surface area contributed by atoms with E-state index in [1.807, 2.05) is 11.3 Å². The number of aromatic nitrogens is 3. The molecule has 0 aromatic carbocycles. The average Bonchev–Trinajstić information content (AvgIpc) is 2.99. The van der Waals surface area contributed by atoms with Crippen molar-refractivity contribution < 1.29 is 4.79 Å². The monoisotopic (exact) mass is 343 g/mol. The lowest BCUT2D eigenvalue weighted by atomic mass is 9.89. The number of hydrogen-bond acceptors (Lipinski definition) is 5. The average molecular weight is 343 g/mol. The van der Waals surface area contributed by atoms with Gasteiger partial charge in [-0.05, 0) is 36.1 Å². The predicted molar refractivity (Wildman–Crippen MR) is 90.8 cm³/mol. The van der Waals surface area contributed by atoms with Crippen molar-refractivity contribution in [2.75, 3.05) is 13.1 Å². The smallest absolute Gasteiger partial charge is 0.289 e. The van der Waals surface area contributed by atoms with Crippen LogP contribution in [0.15, 0.2) is 17.5 Å². The largest absolute Gasteiger partial charge is 0.347 e. The van der Waals surface area contributed by atoms with Crippen molar-refractivity contribution in [3.8, 4) is 0 Å². The van der Waals surface area contributed by atoms with Crippen molar-refractivity contribution >= 4 is 17.2 Å². The highest BCUT2D eigenvalue weighted by Crippen LogP contribution is 2.33. The molecule has 126 valence electrons. The lowest BCUT2D eigenvalue weighted by molar-refractivity contribution is 0.0932. The summed E-state index contributed by atoms with van der Waals surface area (Å²) in [5, 5.41) is 13.7. The highest BCUT2D eigenvalue weighted by Gasteiger charge is 2.39. The van der Waals surface area contributed by atoms with Crippen molar-refractivity contribution in [3.05, 3.63) is 34.0 Å². The molecule has 0 spiro atoms. The number of hydrogen-bond donors (Lipinski definition) is 1. The van der Waals surface area contributed by atoms with E-state index in [0.717, 1.165) is 51.3 Å². The van der Waals surface area contributed by atoms with E-state index in [1.165, 1.54) is 4.88 Å². The number of carbonyl (C=O) groups is 1. The molecule has 2 atom stereocenters. The van der Waals surface area contributed by atoms with Gasteiger partial charge in [-0.1, -0.05) is 6.07 Å². The van der Waals surface area contributed by atoms with E-state index < -0.39 is 0 Å². The molecule has 2 aromatic heterocycles. The minimum absolute atomic E-state index is 0.0526. The third-order valence-corrected chi connectivity index (χ3v) is 6.28. The van der Waals surface area contributed by atoms with Crippen LogP contribution in [0.3, 0.4) is 0 Å². The Labute approximate surface area is 144 Å². The van der Waals surface area contributed by atoms with Crippen LogP contribution in [0, 0.1) is 11.8 Å². The van der Waals surface area contributed by atoms with E-state index in [1.54, 1.807) is 0 Å². The summed E-state index contributed by atoms with van der Waals surface area (Å²) < 4.78 is 2.06. The summed E-state index contributed by atoms with van der Waals surface area (Å²) in [4.78, 5) is 16.3. The second kappa shape index (κ2) is 5.67. The van der Waals surface area contributed by atoms with Crippen LogP contribution < -0.4 is 5.32 Å². The molecular formula is C17H21N5OS. The SMILES string of the molecule is O=C(NC1CC1)c1nnc2n1C[C@@H]1CN(Cc3cccs3)C[C@@H]1C2. The number of fused-ring (bicyclic) bond motifs is 2. The van der Waals surface area contributed by atoms with Crippen LogP contribution in [-0.4, -0.2) is 44.7 Å². The standard InChI is InChI=1S/C17H21N5OS/c23-17(18-13-3-4-13)16-20-19-15-6-11-7-21(8-12(11)9-22(15)16)10-14-2-1-5-24-14/h1-2,5,11-13H,3-4,6-10H2,(H,18,23)/t11-,12-/m0/s1. The molecule has 1 saturated heterocycles. The Morgan fingerprint density at radius 1 is 1.25 bits per heavy atom. The van der Waals surface area contributed by atoms with Crippen LogP contribution in [0.1, 0.15) is 34.2 Å². The first-order valence-electron chi connectivity index (χ1n) is 8.74. The van der Waals surface area contributed by atoms with Crippen LogP contribution in [0.25, 0.3) is 0 Å². The highest BCUT2D eigenvalue weighted by atomic mass is 32.1. The summed E-state index contributed by atoms with van der Waals surface area (Å²) in [5.41, 5.74) is 0. The molecule has 0 radical (unpaired) electrons. The molecule has 1 saturated carbocycles. The van der Waals surface area contributed by atoms with Crippen LogP contribution in [-0.2, 0) is 19.5 Å². The Hall–Kier alpha value is -1.73. The summed E-state index contributed by atoms with van der Waals surface area (Å²) in [7, 11) is 0. The number of thiophene rings is 1. The zero-order valence-corrected chi connectivity index (χ0v) is 14.3. The van der Waals surface area contributed by atoms with Gasteiger partial charge in [-0.15, -0.1) is 21.5 Å². The van der Waals surface area contributed by atoms with Crippen molar-refractivity contribution in [2.45, 2.75) is 38.4 Å². The molecule has 4 heterocycles. The number of rotatable bonds is 4. The highest BCUT2D eigenvalue weighted by molar-refractivity contribution is 7.09. The van der Waals surface area contributed by atoms with Gasteiger partial charge in [-0.3, -0.25) is 9.69 Å². The summed E-state index contributed by atoms with van der Waals surface area (Å²) in [6, 6.07) is 4.69. The van der Waals surface area contributed by atoms with E-state index in [4.69, 9.17) is 0 Å². The first kappa shape index (κ1) is 14.6. The summed E-state index contributed by atoms with van der Waals surface area (Å²) in [5.74, 6) is 2.67. The van der Waals surface area contributed by atoms with Gasteiger partial charge in [0, 0.05) is 43.5 Å². The van der Waals surface area contributed by atoms with Crippen LogP contribution in [0.4, 0.5) is 0 Å². The van der Waals surface area contributed by atoms with E-state index >= 15 is 0 Å². The van der Waals surface area contributed by atoms with E-state index in [9.17, 15) is 4.79 Å². The Kier molecular flexibility index (Phi) is 3.45. The zero-order valence-electron chi connectivity index (χ0n) is 13.5. The number of nitrogens with zero attached hydrogens (tertiary/aromatic N) is 4. The predicted octanol–water partition coefficient (Wildman–Crippen LogP) is 1.54. The van der Waals surface area contributed by atoms with E-state index in [2.05, 4.69) is 42.5 Å². The summed E-state index contributed by atoms with van der Waals surface area (Å²) >= 11 is 1.83. The fraction of sp³-hybridized carbons (Fsp3) is 0.588. The molecule has 2 aliphatic heterocycles. The molecule has 6 nitrogen and oxygen atoms in total. The number of amides is 1. The van der Waals surface area contributed by atoms with Gasteiger partial charge in [0.25, 0.3) is 5.91 Å². The maximum absolute atomic E-state index is 12.4. The van der Waals surface area contributed by atoms with Crippen LogP contribution >= 0.6 is 11.3 Å². The minimum Gasteiger partial charge on any atom is -0.347 e. The van der Waals surface area contributed by atoms with Gasteiger partial charge in [0.1, 0.15) is 5.82 Å². The normalized spacial score (nSPS) is 26.2. The summed E-state index contributed by atoms with van der Waals surface area (Å²) in [6.45, 7) is 4.14. The maximum atomic E-state index is 12.4. The van der Waals surface area contributed by atoms with Gasteiger partial charge >= 0.3 is 0 Å². The van der Waals surface area contributed by atoms with Gasteiger partial charge in [0.05, 0.1) is 0 Å². The molecular weight excluding hydrogens is 322 g/mol. The summed E-state index contributed by atoms with van der Waals surface area (Å²) in [6.07, 6.45) is 3.12. The molecule has 1 amide bonds. The molecule has 2 aromatic rings. The Morgan fingerprint density at radius 2 is 2.12 bits per heavy atom. The maximum Gasteiger partial charge on any atom is 0.289 e. The second-order valence-corrected chi connectivity index (χ2v) is 8.33. The van der Waals surface area contributed by atoms with Crippen molar-refractivity contribution in [3.63, 3.8) is 0 Å². The second-order valence-electron chi connectivity index (χ2n) is 7.30. The van der Waals surface area contributed by atoms with Gasteiger partial charge in [0.15, 0.2) is 0 Å². The third kappa shape index (κ3) is 2.65. The van der Waals surface area contributed by atoms with Gasteiger partial charge in [-0.2, -0.15) is 0 Å². The Balaban J connectivity index is 1.30. The molecule has 3 aliphatic rings. The fourth-order valence-corrected chi connectivity index (χ4v) is 4.76. The molecule has 7 heteroatoms. The number of carbonyl (C=O) groups excluding carboxylic acids is 1. The minimum atomic E-state index is -0.0526.